The Morgan fingerprint density at radius 3 is 2.90 bits per heavy atom. The Hall–Kier alpha value is -3.58. The predicted octanol–water partition coefficient (Wildman–Crippen LogP) is 2.69. The Labute approximate surface area is 175 Å². The molecular weight excluding hydrogens is 378 g/mol. The highest BCUT2D eigenvalue weighted by Crippen LogP contribution is 2.20. The molecule has 0 radical (unpaired) electrons. The van der Waals surface area contributed by atoms with Crippen LogP contribution >= 0.6 is 0 Å². The van der Waals surface area contributed by atoms with Crippen LogP contribution in [0.1, 0.15) is 16.7 Å². The lowest BCUT2D eigenvalue weighted by Crippen LogP contribution is -2.26. The molecule has 4 rings (SSSR count). The van der Waals surface area contributed by atoms with E-state index in [4.69, 9.17) is 0 Å². The summed E-state index contributed by atoms with van der Waals surface area (Å²) >= 11 is 0. The second-order valence-electron chi connectivity index (χ2n) is 7.56. The number of carbonyl (C=O) groups excluding carboxylic acids is 2. The molecule has 7 heteroatoms. The topological polar surface area (TPSA) is 78.4 Å². The first-order valence-corrected chi connectivity index (χ1v) is 9.72. The average Bonchev–Trinajstić information content (AvgIpc) is 2.87. The molecule has 152 valence electrons. The Bertz CT molecular complexity index is 1140. The van der Waals surface area contributed by atoms with Crippen molar-refractivity contribution >= 4 is 34.6 Å². The molecule has 0 spiro atoms. The zero-order valence-electron chi connectivity index (χ0n) is 17.0. The van der Waals surface area contributed by atoms with Crippen LogP contribution in [0.25, 0.3) is 17.0 Å². The van der Waals surface area contributed by atoms with Gasteiger partial charge in [0.05, 0.1) is 12.1 Å². The molecule has 1 aromatic carbocycles. The zero-order chi connectivity index (χ0) is 21.1. The van der Waals surface area contributed by atoms with E-state index in [9.17, 15) is 9.59 Å². The van der Waals surface area contributed by atoms with Gasteiger partial charge in [0.2, 0.25) is 11.8 Å². The standard InChI is InChI=1S/C23H23N5O2/c1-27-14-19-9-16(11-25-23(19)26-21(29)15-27)7-8-22(30)28(2)13-17-10-18-5-3-4-6-20(18)24-12-17/h3-12H,13-15H2,1-2H3,(H,25,26,29)/b8-7+. The molecule has 3 heterocycles. The zero-order valence-corrected chi connectivity index (χ0v) is 17.0. The molecule has 0 saturated carbocycles. The maximum atomic E-state index is 12.6. The fraction of sp³-hybridized carbons (Fsp3) is 0.217. The minimum absolute atomic E-state index is 0.0768. The third-order valence-corrected chi connectivity index (χ3v) is 4.96. The van der Waals surface area contributed by atoms with Gasteiger partial charge in [-0.2, -0.15) is 0 Å². The highest BCUT2D eigenvalue weighted by atomic mass is 16.2. The highest BCUT2D eigenvalue weighted by molar-refractivity contribution is 5.93. The van der Waals surface area contributed by atoms with Crippen LogP contribution in [0.15, 0.2) is 54.9 Å². The fourth-order valence-corrected chi connectivity index (χ4v) is 3.47. The molecule has 0 atom stereocenters. The van der Waals surface area contributed by atoms with Gasteiger partial charge in [-0.25, -0.2) is 4.98 Å². The number of pyridine rings is 2. The number of rotatable bonds is 4. The van der Waals surface area contributed by atoms with Crippen LogP contribution in [0.4, 0.5) is 5.82 Å². The van der Waals surface area contributed by atoms with Crippen LogP contribution in [-0.4, -0.2) is 52.2 Å². The first-order valence-electron chi connectivity index (χ1n) is 9.72. The number of fused-ring (bicyclic) bond motifs is 2. The molecule has 1 N–H and O–H groups in total. The lowest BCUT2D eigenvalue weighted by molar-refractivity contribution is -0.125. The van der Waals surface area contributed by atoms with Gasteiger partial charge < -0.3 is 10.2 Å². The maximum Gasteiger partial charge on any atom is 0.246 e. The van der Waals surface area contributed by atoms with E-state index >= 15 is 0 Å². The summed E-state index contributed by atoms with van der Waals surface area (Å²) < 4.78 is 0. The van der Waals surface area contributed by atoms with Gasteiger partial charge in [-0.1, -0.05) is 18.2 Å². The van der Waals surface area contributed by atoms with E-state index in [0.717, 1.165) is 27.6 Å². The first kappa shape index (κ1) is 19.7. The van der Waals surface area contributed by atoms with Gasteiger partial charge in [-0.05, 0) is 42.4 Å². The van der Waals surface area contributed by atoms with Crippen LogP contribution in [0.2, 0.25) is 0 Å². The second-order valence-corrected chi connectivity index (χ2v) is 7.56. The molecule has 2 amide bonds. The molecule has 0 unspecified atom stereocenters. The van der Waals surface area contributed by atoms with Crippen molar-refractivity contribution in [3.05, 3.63) is 71.6 Å². The monoisotopic (exact) mass is 401 g/mol. The van der Waals surface area contributed by atoms with Crippen LogP contribution < -0.4 is 5.32 Å². The number of para-hydroxylation sites is 1. The number of carbonyl (C=O) groups is 2. The summed E-state index contributed by atoms with van der Waals surface area (Å²) in [5, 5.41) is 3.86. The van der Waals surface area contributed by atoms with Crippen molar-refractivity contribution < 1.29 is 9.59 Å². The van der Waals surface area contributed by atoms with Gasteiger partial charge in [-0.15, -0.1) is 0 Å². The first-order chi connectivity index (χ1) is 14.5. The number of anilines is 1. The minimum atomic E-state index is -0.108. The van der Waals surface area contributed by atoms with E-state index in [2.05, 4.69) is 21.4 Å². The third kappa shape index (κ3) is 4.52. The second kappa shape index (κ2) is 8.42. The van der Waals surface area contributed by atoms with E-state index in [0.29, 0.717) is 25.5 Å². The number of benzene rings is 1. The number of hydrogen-bond acceptors (Lipinski definition) is 5. The Morgan fingerprint density at radius 2 is 2.03 bits per heavy atom. The summed E-state index contributed by atoms with van der Waals surface area (Å²) in [4.78, 5) is 36.7. The number of hydrogen-bond donors (Lipinski definition) is 1. The summed E-state index contributed by atoms with van der Waals surface area (Å²) in [5.41, 5.74) is 3.65. The van der Waals surface area contributed by atoms with E-state index in [1.165, 1.54) is 6.08 Å². The van der Waals surface area contributed by atoms with Gasteiger partial charge in [-0.3, -0.25) is 19.5 Å². The molecule has 0 fully saturated rings. The van der Waals surface area contributed by atoms with Crippen molar-refractivity contribution in [1.82, 2.24) is 19.8 Å². The van der Waals surface area contributed by atoms with E-state index in [1.807, 2.05) is 42.3 Å². The molecule has 0 aliphatic carbocycles. The SMILES string of the molecule is CN1CC(=O)Nc2ncc(/C=C/C(=O)N(C)Cc3cnc4ccccc4c3)cc2C1. The largest absolute Gasteiger partial charge is 0.338 e. The Kier molecular flexibility index (Phi) is 5.54. The molecule has 1 aliphatic heterocycles. The third-order valence-electron chi connectivity index (χ3n) is 4.96. The Morgan fingerprint density at radius 1 is 1.20 bits per heavy atom. The lowest BCUT2D eigenvalue weighted by atomic mass is 10.1. The average molecular weight is 401 g/mol. The maximum absolute atomic E-state index is 12.6. The molecule has 3 aromatic rings. The van der Waals surface area contributed by atoms with Gasteiger partial charge >= 0.3 is 0 Å². The van der Waals surface area contributed by atoms with E-state index in [1.54, 1.807) is 30.4 Å². The van der Waals surface area contributed by atoms with Crippen LogP contribution in [-0.2, 0) is 22.7 Å². The summed E-state index contributed by atoms with van der Waals surface area (Å²) in [6.45, 7) is 1.42. The quantitative estimate of drug-likeness (QED) is 0.680. The number of nitrogens with zero attached hydrogens (tertiary/aromatic N) is 4. The summed E-state index contributed by atoms with van der Waals surface area (Å²) in [6.07, 6.45) is 6.74. The highest BCUT2D eigenvalue weighted by Gasteiger charge is 2.17. The predicted molar refractivity (Wildman–Crippen MR) is 116 cm³/mol. The van der Waals surface area contributed by atoms with Crippen molar-refractivity contribution in [3.63, 3.8) is 0 Å². The van der Waals surface area contributed by atoms with Gasteiger partial charge in [0, 0.05) is 49.6 Å². The summed E-state index contributed by atoms with van der Waals surface area (Å²) in [5.74, 6) is 0.393. The number of nitrogens with one attached hydrogen (secondary N) is 1. The fourth-order valence-electron chi connectivity index (χ4n) is 3.47. The summed E-state index contributed by atoms with van der Waals surface area (Å²) in [6, 6.07) is 11.9. The van der Waals surface area contributed by atoms with Crippen LogP contribution in [0.5, 0.6) is 0 Å². The van der Waals surface area contributed by atoms with Crippen LogP contribution in [0.3, 0.4) is 0 Å². The molecule has 30 heavy (non-hydrogen) atoms. The van der Waals surface area contributed by atoms with Gasteiger partial charge in [0.25, 0.3) is 0 Å². The molecule has 1 aliphatic rings. The Balaban J connectivity index is 1.44. The number of aromatic nitrogens is 2. The van der Waals surface area contributed by atoms with Crippen molar-refractivity contribution in [2.24, 2.45) is 0 Å². The molecule has 0 saturated heterocycles. The smallest absolute Gasteiger partial charge is 0.246 e. The molecule has 0 bridgehead atoms. The lowest BCUT2D eigenvalue weighted by Gasteiger charge is -2.15. The summed E-state index contributed by atoms with van der Waals surface area (Å²) in [7, 11) is 3.65. The molecule has 2 aromatic heterocycles. The van der Waals surface area contributed by atoms with Crippen LogP contribution in [0, 0.1) is 0 Å². The normalized spacial score (nSPS) is 14.4. The van der Waals surface area contributed by atoms with Crippen molar-refractivity contribution in [2.75, 3.05) is 26.0 Å². The number of likely N-dealkylation sites (N-methyl/N-ethyl adjacent to an activating group) is 2. The van der Waals surface area contributed by atoms with Gasteiger partial charge in [0.15, 0.2) is 0 Å². The molecular formula is C23H23N5O2. The van der Waals surface area contributed by atoms with E-state index < -0.39 is 0 Å². The number of amides is 2. The van der Waals surface area contributed by atoms with Crippen molar-refractivity contribution in [2.45, 2.75) is 13.1 Å². The van der Waals surface area contributed by atoms with E-state index in [-0.39, 0.29) is 11.8 Å². The minimum Gasteiger partial charge on any atom is -0.338 e. The van der Waals surface area contributed by atoms with Crippen molar-refractivity contribution in [1.29, 1.82) is 0 Å². The van der Waals surface area contributed by atoms with Crippen molar-refractivity contribution in [3.8, 4) is 0 Å². The van der Waals surface area contributed by atoms with Gasteiger partial charge in [0.1, 0.15) is 5.82 Å². The molecule has 7 nitrogen and oxygen atoms in total.